The maximum Gasteiger partial charge on any atom is 0.265 e. The number of phenolic OH excluding ortho intramolecular Hbond substituents is 1. The largest absolute Gasteiger partial charge is 0.506 e. The zero-order valence-electron chi connectivity index (χ0n) is 11.1. The van der Waals surface area contributed by atoms with E-state index in [2.05, 4.69) is 0 Å². The number of rotatable bonds is 1. The van der Waals surface area contributed by atoms with Crippen LogP contribution < -0.4 is 0 Å². The molecule has 0 radical (unpaired) electrons. The third-order valence-corrected chi connectivity index (χ3v) is 5.19. The van der Waals surface area contributed by atoms with Gasteiger partial charge in [0.05, 0.1) is 7.14 Å². The molecule has 0 spiro atoms. The quantitative estimate of drug-likeness (QED) is 0.263. The van der Waals surface area contributed by atoms with E-state index in [1.54, 1.807) is 12.1 Å². The molecule has 8 heteroatoms. The number of halogens is 2. The van der Waals surface area contributed by atoms with Crippen molar-refractivity contribution in [2.24, 2.45) is 0 Å². The lowest BCUT2D eigenvalue weighted by Crippen LogP contribution is -2.52. The van der Waals surface area contributed by atoms with Crippen LogP contribution in [0.3, 0.4) is 0 Å². The number of likely N-dealkylation sites (N-methyl/N-ethyl adjacent to an activating group) is 2. The molecule has 1 aromatic carbocycles. The summed E-state index contributed by atoms with van der Waals surface area (Å²) in [6, 6.07) is 3.41. The molecule has 0 saturated carbocycles. The van der Waals surface area contributed by atoms with Gasteiger partial charge in [0.15, 0.2) is 5.11 Å². The van der Waals surface area contributed by atoms with Gasteiger partial charge in [-0.1, -0.05) is 0 Å². The number of carbonyl (C=O) groups excluding carboxylic acids is 2. The van der Waals surface area contributed by atoms with Crippen LogP contribution in [0, 0.1) is 7.14 Å². The summed E-state index contributed by atoms with van der Waals surface area (Å²) in [6.07, 6.45) is 1.52. The molecule has 0 bridgehead atoms. The highest BCUT2D eigenvalue weighted by Crippen LogP contribution is 2.29. The first-order valence-electron chi connectivity index (χ1n) is 5.73. The molecule has 110 valence electrons. The van der Waals surface area contributed by atoms with Crippen molar-refractivity contribution in [3.63, 3.8) is 0 Å². The minimum absolute atomic E-state index is 0.0471. The van der Waals surface area contributed by atoms with Crippen molar-refractivity contribution in [2.45, 2.75) is 0 Å². The van der Waals surface area contributed by atoms with Crippen LogP contribution in [0.1, 0.15) is 5.56 Å². The normalized spacial score (nSPS) is 15.8. The minimum Gasteiger partial charge on any atom is -0.506 e. The zero-order valence-corrected chi connectivity index (χ0v) is 16.2. The van der Waals surface area contributed by atoms with Crippen molar-refractivity contribution in [1.29, 1.82) is 0 Å². The third kappa shape index (κ3) is 3.06. The van der Waals surface area contributed by atoms with Crippen LogP contribution in [0.15, 0.2) is 17.7 Å². The number of thiocarbonyl (C=S) groups is 1. The van der Waals surface area contributed by atoms with Crippen LogP contribution in [-0.2, 0) is 9.59 Å². The molecule has 0 aromatic heterocycles. The number of benzene rings is 1. The molecule has 2 amide bonds. The molecule has 0 unspecified atom stereocenters. The summed E-state index contributed by atoms with van der Waals surface area (Å²) in [7, 11) is 3.07. The average Bonchev–Trinajstić information content (AvgIpc) is 2.45. The summed E-state index contributed by atoms with van der Waals surface area (Å²) in [5.41, 5.74) is 0.721. The van der Waals surface area contributed by atoms with Gasteiger partial charge in [0.2, 0.25) is 0 Å². The molecule has 1 aliphatic heterocycles. The molecule has 0 aliphatic carbocycles. The molecule has 1 N–H and O–H groups in total. The molecule has 2 rings (SSSR count). The Bertz CT molecular complexity index is 654. The topological polar surface area (TPSA) is 60.9 Å². The first-order valence-corrected chi connectivity index (χ1v) is 8.30. The Morgan fingerprint density at radius 2 is 1.52 bits per heavy atom. The first-order chi connectivity index (χ1) is 9.73. The predicted molar refractivity (Wildman–Crippen MR) is 99.7 cm³/mol. The van der Waals surface area contributed by atoms with Crippen LogP contribution in [0.5, 0.6) is 5.75 Å². The number of carbonyl (C=O) groups is 2. The van der Waals surface area contributed by atoms with Crippen molar-refractivity contribution in [3.8, 4) is 5.75 Å². The van der Waals surface area contributed by atoms with Gasteiger partial charge in [-0.3, -0.25) is 19.4 Å². The maximum absolute atomic E-state index is 12.2. The lowest BCUT2D eigenvalue weighted by molar-refractivity contribution is -0.132. The summed E-state index contributed by atoms with van der Waals surface area (Å²) in [5.74, 6) is -0.669. The third-order valence-electron chi connectivity index (χ3n) is 2.99. The van der Waals surface area contributed by atoms with E-state index in [4.69, 9.17) is 12.2 Å². The first kappa shape index (κ1) is 16.6. The molecule has 1 saturated heterocycles. The van der Waals surface area contributed by atoms with Crippen molar-refractivity contribution in [3.05, 3.63) is 30.4 Å². The van der Waals surface area contributed by atoms with Crippen LogP contribution in [0.4, 0.5) is 0 Å². The van der Waals surface area contributed by atoms with Gasteiger partial charge in [-0.25, -0.2) is 0 Å². The van der Waals surface area contributed by atoms with Gasteiger partial charge < -0.3 is 5.11 Å². The number of hydrogen-bond donors (Lipinski definition) is 1. The molecule has 1 aromatic rings. The van der Waals surface area contributed by atoms with Gasteiger partial charge in [-0.2, -0.15) is 0 Å². The van der Waals surface area contributed by atoms with Crippen molar-refractivity contribution in [1.82, 2.24) is 9.80 Å². The Kier molecular flexibility index (Phi) is 4.88. The van der Waals surface area contributed by atoms with E-state index in [0.717, 1.165) is 0 Å². The molecule has 1 heterocycles. The Hall–Kier alpha value is -0.750. The standard InChI is InChI=1S/C13H10I2N2O3S/c1-16-11(19)7(12(20)17(2)13(16)21)3-6-4-8(14)10(18)9(15)5-6/h3-5,18H,1-2H3. The van der Waals surface area contributed by atoms with E-state index in [1.807, 2.05) is 45.2 Å². The molecule has 1 aliphatic rings. The number of phenols is 1. The van der Waals surface area contributed by atoms with Crippen LogP contribution in [-0.4, -0.2) is 45.9 Å². The van der Waals surface area contributed by atoms with Gasteiger partial charge in [0, 0.05) is 14.1 Å². The summed E-state index contributed by atoms with van der Waals surface area (Å²) in [4.78, 5) is 26.9. The van der Waals surface area contributed by atoms with E-state index < -0.39 is 11.8 Å². The summed E-state index contributed by atoms with van der Waals surface area (Å²) < 4.78 is 1.30. The van der Waals surface area contributed by atoms with Crippen LogP contribution in [0.2, 0.25) is 0 Å². The van der Waals surface area contributed by atoms with Gasteiger partial charge in [-0.15, -0.1) is 0 Å². The second-order valence-electron chi connectivity index (χ2n) is 4.40. The van der Waals surface area contributed by atoms with Gasteiger partial charge >= 0.3 is 0 Å². The molecule has 21 heavy (non-hydrogen) atoms. The highest BCUT2D eigenvalue weighted by molar-refractivity contribution is 14.1. The Balaban J connectivity index is 2.51. The lowest BCUT2D eigenvalue weighted by atomic mass is 10.1. The van der Waals surface area contributed by atoms with Crippen LogP contribution >= 0.6 is 57.4 Å². The van der Waals surface area contributed by atoms with Crippen molar-refractivity contribution >= 4 is 80.4 Å². The highest BCUT2D eigenvalue weighted by Gasteiger charge is 2.35. The van der Waals surface area contributed by atoms with Crippen molar-refractivity contribution < 1.29 is 14.7 Å². The highest BCUT2D eigenvalue weighted by atomic mass is 127. The zero-order chi connectivity index (χ0) is 15.9. The smallest absolute Gasteiger partial charge is 0.265 e. The molecular weight excluding hydrogens is 518 g/mol. The molecule has 0 atom stereocenters. The molecular formula is C13H10I2N2O3S. The van der Waals surface area contributed by atoms with Gasteiger partial charge in [-0.05, 0) is 81.2 Å². The summed E-state index contributed by atoms with van der Waals surface area (Å²) >= 11 is 9.02. The SMILES string of the molecule is CN1C(=O)C(=Cc2cc(I)c(O)c(I)c2)C(=O)N(C)C1=S. The Labute approximate surface area is 154 Å². The maximum atomic E-state index is 12.2. The van der Waals surface area contributed by atoms with E-state index in [0.29, 0.717) is 12.7 Å². The Morgan fingerprint density at radius 3 is 1.95 bits per heavy atom. The number of amides is 2. The number of hydrogen-bond acceptors (Lipinski definition) is 4. The number of nitrogens with zero attached hydrogens (tertiary/aromatic N) is 2. The van der Waals surface area contributed by atoms with Gasteiger partial charge in [0.25, 0.3) is 11.8 Å². The predicted octanol–water partition coefficient (Wildman–Crippen LogP) is 2.20. The fourth-order valence-corrected chi connectivity index (χ4v) is 3.79. The Morgan fingerprint density at radius 1 is 1.10 bits per heavy atom. The van der Waals surface area contributed by atoms with Gasteiger partial charge in [0.1, 0.15) is 11.3 Å². The molecule has 5 nitrogen and oxygen atoms in total. The summed E-state index contributed by atoms with van der Waals surface area (Å²) in [6.45, 7) is 0. The summed E-state index contributed by atoms with van der Waals surface area (Å²) in [5, 5.41) is 9.93. The van der Waals surface area contributed by atoms with Crippen molar-refractivity contribution in [2.75, 3.05) is 14.1 Å². The molecule has 1 fully saturated rings. The monoisotopic (exact) mass is 528 g/mol. The minimum atomic E-state index is -0.429. The van der Waals surface area contributed by atoms with Crippen LogP contribution in [0.25, 0.3) is 6.08 Å². The lowest BCUT2D eigenvalue weighted by Gasteiger charge is -2.31. The van der Waals surface area contributed by atoms with E-state index in [1.165, 1.54) is 30.0 Å². The fraction of sp³-hybridized carbons (Fsp3) is 0.154. The van der Waals surface area contributed by atoms with E-state index in [-0.39, 0.29) is 16.4 Å². The average molecular weight is 528 g/mol. The van der Waals surface area contributed by atoms with E-state index in [9.17, 15) is 14.7 Å². The second kappa shape index (κ2) is 6.16. The number of aromatic hydroxyl groups is 1. The fourth-order valence-electron chi connectivity index (χ4n) is 1.81. The second-order valence-corrected chi connectivity index (χ2v) is 7.09. The van der Waals surface area contributed by atoms with E-state index >= 15 is 0 Å².